The van der Waals surface area contributed by atoms with Crippen LogP contribution in [0.1, 0.15) is 36.6 Å². The second-order valence-electron chi connectivity index (χ2n) is 8.09. The van der Waals surface area contributed by atoms with Crippen molar-refractivity contribution in [1.29, 1.82) is 0 Å². The number of nitrogens with one attached hydrogen (secondary N) is 1. The topological polar surface area (TPSA) is 89.3 Å². The molecule has 9 heteroatoms. The van der Waals surface area contributed by atoms with E-state index in [0.717, 1.165) is 12.8 Å². The zero-order chi connectivity index (χ0) is 23.4. The average Bonchev–Trinajstić information content (AvgIpc) is 2.81. The first-order chi connectivity index (χ1) is 16.0. The van der Waals surface area contributed by atoms with Crippen LogP contribution in [-0.2, 0) is 4.74 Å². The minimum atomic E-state index is -0.565. The van der Waals surface area contributed by atoms with Gasteiger partial charge in [0.15, 0.2) is 0 Å². The van der Waals surface area contributed by atoms with Crippen molar-refractivity contribution in [3.05, 3.63) is 75.0 Å². The Kier molecular flexibility index (Phi) is 7.37. The van der Waals surface area contributed by atoms with E-state index in [1.807, 2.05) is 13.0 Å². The summed E-state index contributed by atoms with van der Waals surface area (Å²) in [6.45, 7) is 3.07. The Hall–Kier alpha value is -2.81. The number of benzene rings is 1. The normalized spacial score (nSPS) is 15.4. The molecule has 1 fully saturated rings. The lowest BCUT2D eigenvalue weighted by Gasteiger charge is -2.23. The number of ether oxygens (including phenoxy) is 1. The molecule has 3 heterocycles. The SMILES string of the molecule is Cc1cc(-c2ccnc(NC3CCOCC3)n2)cc(=O)n1[C@H](CCO)c1ccc(Cl)c(F)c1. The maximum absolute atomic E-state index is 14.1. The van der Waals surface area contributed by atoms with Gasteiger partial charge in [-0.15, -0.1) is 0 Å². The highest BCUT2D eigenvalue weighted by Gasteiger charge is 2.20. The molecule has 0 unspecified atom stereocenters. The van der Waals surface area contributed by atoms with Crippen molar-refractivity contribution < 1.29 is 14.2 Å². The van der Waals surface area contributed by atoms with Crippen molar-refractivity contribution in [3.63, 3.8) is 0 Å². The molecule has 1 aromatic carbocycles. The number of aliphatic hydroxyl groups excluding tert-OH is 1. The highest BCUT2D eigenvalue weighted by atomic mass is 35.5. The van der Waals surface area contributed by atoms with Crippen LogP contribution in [0.4, 0.5) is 10.3 Å². The molecule has 3 aromatic rings. The standard InChI is InChI=1S/C24H26ClFN4O3/c1-15-12-17(21-4-8-27-24(29-21)28-18-6-10-33-11-7-18)14-23(32)30(15)22(5-9-31)16-2-3-19(25)20(26)13-16/h2-4,8,12-14,18,22,31H,5-7,9-11H2,1H3,(H,27,28,29)/t22-/m1/s1. The molecule has 1 aliphatic heterocycles. The predicted molar refractivity (Wildman–Crippen MR) is 125 cm³/mol. The molecule has 0 saturated carbocycles. The lowest BCUT2D eigenvalue weighted by molar-refractivity contribution is 0.0903. The van der Waals surface area contributed by atoms with Gasteiger partial charge in [-0.1, -0.05) is 17.7 Å². The van der Waals surface area contributed by atoms with Gasteiger partial charge in [-0.05, 0) is 56.0 Å². The fourth-order valence-electron chi connectivity index (χ4n) is 4.16. The van der Waals surface area contributed by atoms with E-state index in [0.29, 0.717) is 41.7 Å². The third-order valence-corrected chi connectivity index (χ3v) is 6.12. The number of pyridine rings is 1. The number of nitrogens with zero attached hydrogens (tertiary/aromatic N) is 3. The molecule has 7 nitrogen and oxygen atoms in total. The van der Waals surface area contributed by atoms with Gasteiger partial charge in [-0.2, -0.15) is 0 Å². The smallest absolute Gasteiger partial charge is 0.251 e. The summed E-state index contributed by atoms with van der Waals surface area (Å²) < 4.78 is 21.0. The number of halogens is 2. The molecule has 2 aromatic heterocycles. The quantitative estimate of drug-likeness (QED) is 0.541. The molecule has 4 rings (SSSR count). The van der Waals surface area contributed by atoms with Gasteiger partial charge >= 0.3 is 0 Å². The molecule has 1 saturated heterocycles. The van der Waals surface area contributed by atoms with Crippen LogP contribution in [-0.4, -0.2) is 45.5 Å². The molecular weight excluding hydrogens is 447 g/mol. The molecule has 0 aliphatic carbocycles. The van der Waals surface area contributed by atoms with Gasteiger partial charge in [0.2, 0.25) is 5.95 Å². The van der Waals surface area contributed by atoms with Crippen molar-refractivity contribution in [2.24, 2.45) is 0 Å². The number of rotatable bonds is 7. The van der Waals surface area contributed by atoms with Crippen molar-refractivity contribution in [1.82, 2.24) is 14.5 Å². The maximum atomic E-state index is 14.1. The van der Waals surface area contributed by atoms with E-state index in [-0.39, 0.29) is 29.7 Å². The number of aromatic nitrogens is 3. The van der Waals surface area contributed by atoms with Crippen molar-refractivity contribution >= 4 is 17.5 Å². The summed E-state index contributed by atoms with van der Waals surface area (Å²) in [5.74, 6) is -0.0546. The van der Waals surface area contributed by atoms with Gasteiger partial charge in [-0.25, -0.2) is 14.4 Å². The average molecular weight is 473 g/mol. The zero-order valence-corrected chi connectivity index (χ0v) is 19.1. The second-order valence-corrected chi connectivity index (χ2v) is 8.50. The summed E-state index contributed by atoms with van der Waals surface area (Å²) in [6.07, 6.45) is 3.70. The van der Waals surface area contributed by atoms with Crippen molar-refractivity contribution in [3.8, 4) is 11.3 Å². The Bertz CT molecular complexity index is 1180. The third kappa shape index (κ3) is 5.40. The second kappa shape index (κ2) is 10.4. The van der Waals surface area contributed by atoms with E-state index in [2.05, 4.69) is 15.3 Å². The summed E-state index contributed by atoms with van der Waals surface area (Å²) in [6, 6.07) is 9.28. The first kappa shape index (κ1) is 23.4. The molecule has 0 bridgehead atoms. The van der Waals surface area contributed by atoms with Crippen LogP contribution in [0.25, 0.3) is 11.3 Å². The molecular formula is C24H26ClFN4O3. The van der Waals surface area contributed by atoms with Gasteiger partial charge in [0.25, 0.3) is 5.56 Å². The summed E-state index contributed by atoms with van der Waals surface area (Å²) in [5.41, 5.74) is 2.26. The first-order valence-electron chi connectivity index (χ1n) is 10.9. The molecule has 2 N–H and O–H groups in total. The van der Waals surface area contributed by atoms with Crippen LogP contribution in [0.5, 0.6) is 0 Å². The largest absolute Gasteiger partial charge is 0.396 e. The van der Waals surface area contributed by atoms with Gasteiger partial charge < -0.3 is 19.7 Å². The number of aryl methyl sites for hydroxylation is 1. The molecule has 1 atom stereocenters. The Morgan fingerprint density at radius 1 is 1.27 bits per heavy atom. The van der Waals surface area contributed by atoms with Gasteiger partial charge in [-0.3, -0.25) is 4.79 Å². The molecule has 33 heavy (non-hydrogen) atoms. The Balaban J connectivity index is 1.66. The highest BCUT2D eigenvalue weighted by molar-refractivity contribution is 6.30. The minimum Gasteiger partial charge on any atom is -0.396 e. The molecule has 0 radical (unpaired) electrons. The summed E-state index contributed by atoms with van der Waals surface area (Å²) in [5, 5.41) is 12.9. The third-order valence-electron chi connectivity index (χ3n) is 5.81. The lowest BCUT2D eigenvalue weighted by atomic mass is 10.0. The number of aliphatic hydroxyl groups is 1. The lowest BCUT2D eigenvalue weighted by Crippen LogP contribution is -2.29. The number of anilines is 1. The van der Waals surface area contributed by atoms with Crippen LogP contribution in [0.2, 0.25) is 5.02 Å². The Labute approximate surface area is 196 Å². The fraction of sp³-hybridized carbons (Fsp3) is 0.375. The van der Waals surface area contributed by atoms with Gasteiger partial charge in [0.05, 0.1) is 16.8 Å². The Morgan fingerprint density at radius 2 is 2.06 bits per heavy atom. The number of hydrogen-bond acceptors (Lipinski definition) is 6. The van der Waals surface area contributed by atoms with E-state index in [4.69, 9.17) is 16.3 Å². The van der Waals surface area contributed by atoms with Crippen LogP contribution in [0, 0.1) is 12.7 Å². The zero-order valence-electron chi connectivity index (χ0n) is 18.3. The Morgan fingerprint density at radius 3 is 2.76 bits per heavy atom. The number of hydrogen-bond donors (Lipinski definition) is 2. The van der Waals surface area contributed by atoms with E-state index in [1.165, 1.54) is 18.2 Å². The van der Waals surface area contributed by atoms with Crippen molar-refractivity contribution in [2.45, 2.75) is 38.3 Å². The molecule has 0 amide bonds. The fourth-order valence-corrected chi connectivity index (χ4v) is 4.28. The molecule has 1 aliphatic rings. The summed E-state index contributed by atoms with van der Waals surface area (Å²) in [4.78, 5) is 22.1. The highest BCUT2D eigenvalue weighted by Crippen LogP contribution is 2.27. The minimum absolute atomic E-state index is 0.00911. The van der Waals surface area contributed by atoms with E-state index >= 15 is 0 Å². The molecule has 0 spiro atoms. The molecule has 174 valence electrons. The first-order valence-corrected chi connectivity index (χ1v) is 11.3. The maximum Gasteiger partial charge on any atom is 0.251 e. The van der Waals surface area contributed by atoms with Crippen LogP contribution < -0.4 is 10.9 Å². The van der Waals surface area contributed by atoms with E-state index in [9.17, 15) is 14.3 Å². The van der Waals surface area contributed by atoms with Crippen molar-refractivity contribution in [2.75, 3.05) is 25.1 Å². The van der Waals surface area contributed by atoms with Crippen LogP contribution in [0.3, 0.4) is 0 Å². The van der Waals surface area contributed by atoms with Crippen LogP contribution in [0.15, 0.2) is 47.4 Å². The predicted octanol–water partition coefficient (Wildman–Crippen LogP) is 3.97. The van der Waals surface area contributed by atoms with E-state index in [1.54, 1.807) is 22.9 Å². The monoisotopic (exact) mass is 472 g/mol. The summed E-state index contributed by atoms with van der Waals surface area (Å²) in [7, 11) is 0. The summed E-state index contributed by atoms with van der Waals surface area (Å²) >= 11 is 5.82. The van der Waals surface area contributed by atoms with Crippen LogP contribution >= 0.6 is 11.6 Å². The van der Waals surface area contributed by atoms with E-state index < -0.39 is 11.9 Å². The van der Waals surface area contributed by atoms with Gasteiger partial charge in [0.1, 0.15) is 5.82 Å². The van der Waals surface area contributed by atoms with Gasteiger partial charge in [0, 0.05) is 49.4 Å².